The zero-order valence-corrected chi connectivity index (χ0v) is 20.5. The number of aromatic nitrogens is 2. The molecule has 3 heterocycles. The van der Waals surface area contributed by atoms with Gasteiger partial charge in [0, 0.05) is 18.0 Å². The van der Waals surface area contributed by atoms with Gasteiger partial charge in [-0.15, -0.1) is 11.3 Å². The third-order valence-corrected chi connectivity index (χ3v) is 8.15. The molecular formula is C26H25N3O2S2. The second kappa shape index (κ2) is 8.80. The van der Waals surface area contributed by atoms with Crippen molar-refractivity contribution in [2.45, 2.75) is 44.1 Å². The minimum absolute atomic E-state index is 0.0754. The fraction of sp³-hybridized carbons (Fsp3) is 0.269. The minimum Gasteiger partial charge on any atom is -0.337 e. The molecule has 5 nitrogen and oxygen atoms in total. The Morgan fingerprint density at radius 1 is 1.15 bits per heavy atom. The van der Waals surface area contributed by atoms with Crippen LogP contribution in [0.3, 0.4) is 0 Å². The minimum atomic E-state index is -0.366. The van der Waals surface area contributed by atoms with Gasteiger partial charge in [0.1, 0.15) is 0 Å². The van der Waals surface area contributed by atoms with Gasteiger partial charge in [-0.3, -0.25) is 14.2 Å². The van der Waals surface area contributed by atoms with E-state index in [1.807, 2.05) is 56.0 Å². The molecule has 168 valence electrons. The van der Waals surface area contributed by atoms with Crippen molar-refractivity contribution in [3.8, 4) is 5.69 Å². The first kappa shape index (κ1) is 21.9. The smallest absolute Gasteiger partial charge is 0.266 e. The Morgan fingerprint density at radius 2 is 1.97 bits per heavy atom. The van der Waals surface area contributed by atoms with Crippen LogP contribution in [-0.4, -0.2) is 32.2 Å². The van der Waals surface area contributed by atoms with Crippen molar-refractivity contribution < 1.29 is 4.79 Å². The van der Waals surface area contributed by atoms with Crippen LogP contribution in [0.25, 0.3) is 16.6 Å². The summed E-state index contributed by atoms with van der Waals surface area (Å²) in [6, 6.07) is 15.5. The number of thioether (sulfide) groups is 1. The lowest BCUT2D eigenvalue weighted by Gasteiger charge is -2.29. The molecule has 1 amide bonds. The van der Waals surface area contributed by atoms with E-state index in [9.17, 15) is 9.59 Å². The highest BCUT2D eigenvalue weighted by atomic mass is 32.2. The summed E-state index contributed by atoms with van der Waals surface area (Å²) in [7, 11) is 0. The van der Waals surface area contributed by atoms with Crippen molar-refractivity contribution in [3.63, 3.8) is 0 Å². The number of thiophene rings is 1. The van der Waals surface area contributed by atoms with Crippen LogP contribution >= 0.6 is 23.1 Å². The first-order chi connectivity index (χ1) is 15.9. The molecule has 0 saturated carbocycles. The Balaban J connectivity index is 1.53. The number of benzene rings is 2. The van der Waals surface area contributed by atoms with Crippen molar-refractivity contribution in [2.24, 2.45) is 0 Å². The van der Waals surface area contributed by atoms with Crippen LogP contribution in [0.2, 0.25) is 0 Å². The van der Waals surface area contributed by atoms with Gasteiger partial charge in [-0.05, 0) is 68.0 Å². The molecule has 5 rings (SSSR count). The average molecular weight is 476 g/mol. The fourth-order valence-electron chi connectivity index (χ4n) is 4.36. The quantitative estimate of drug-likeness (QED) is 0.303. The lowest BCUT2D eigenvalue weighted by atomic mass is 10.1. The van der Waals surface area contributed by atoms with Crippen LogP contribution in [0.5, 0.6) is 0 Å². The number of carbonyl (C=O) groups excluding carboxylic acids is 1. The number of aryl methyl sites for hydroxylation is 2. The first-order valence-corrected chi connectivity index (χ1v) is 12.8. The topological polar surface area (TPSA) is 55.2 Å². The standard InChI is InChI=1S/C26H25N3O2S2/c1-16-8-9-22(17(2)14-16)29-25(31)20-6-4-5-7-21(20)27-26(29)33-18(3)24(30)28-12-10-23-19(15-28)11-13-32-23/h4-9,11,13-14,18H,10,12,15H2,1-3H3. The summed E-state index contributed by atoms with van der Waals surface area (Å²) in [5.41, 5.74) is 4.70. The molecule has 1 aliphatic rings. The van der Waals surface area contributed by atoms with Gasteiger partial charge in [-0.1, -0.05) is 41.6 Å². The molecule has 0 radical (unpaired) electrons. The maximum absolute atomic E-state index is 13.6. The van der Waals surface area contributed by atoms with Gasteiger partial charge in [0.05, 0.1) is 21.8 Å². The lowest BCUT2D eigenvalue weighted by molar-refractivity contribution is -0.131. The van der Waals surface area contributed by atoms with Crippen molar-refractivity contribution in [1.29, 1.82) is 0 Å². The normalized spacial score (nSPS) is 14.3. The van der Waals surface area contributed by atoms with Crippen LogP contribution in [-0.2, 0) is 17.8 Å². The van der Waals surface area contributed by atoms with E-state index >= 15 is 0 Å². The summed E-state index contributed by atoms with van der Waals surface area (Å²) in [5.74, 6) is 0.0754. The second-order valence-corrected chi connectivity index (χ2v) is 10.8. The highest BCUT2D eigenvalue weighted by molar-refractivity contribution is 8.00. The molecule has 4 aromatic rings. The first-order valence-electron chi connectivity index (χ1n) is 11.0. The highest BCUT2D eigenvalue weighted by Gasteiger charge is 2.27. The summed E-state index contributed by atoms with van der Waals surface area (Å²) in [6.45, 7) is 7.32. The number of hydrogen-bond acceptors (Lipinski definition) is 5. The third kappa shape index (κ3) is 4.11. The average Bonchev–Trinajstić information content (AvgIpc) is 3.28. The Morgan fingerprint density at radius 3 is 2.79 bits per heavy atom. The second-order valence-electron chi connectivity index (χ2n) is 8.48. The monoisotopic (exact) mass is 475 g/mol. The number of hydrogen-bond donors (Lipinski definition) is 0. The molecule has 0 bridgehead atoms. The zero-order valence-electron chi connectivity index (χ0n) is 18.9. The number of carbonyl (C=O) groups is 1. The SMILES string of the molecule is Cc1ccc(-n2c(SC(C)C(=O)N3CCc4sccc4C3)nc3ccccc3c2=O)c(C)c1. The van der Waals surface area contributed by atoms with Crippen molar-refractivity contribution in [1.82, 2.24) is 14.5 Å². The van der Waals surface area contributed by atoms with Crippen LogP contribution in [0.4, 0.5) is 0 Å². The lowest BCUT2D eigenvalue weighted by Crippen LogP contribution is -2.40. The fourth-order valence-corrected chi connectivity index (χ4v) is 6.26. The Bertz CT molecular complexity index is 1420. The Labute approximate surface area is 201 Å². The molecule has 2 aromatic heterocycles. The summed E-state index contributed by atoms with van der Waals surface area (Å²) in [4.78, 5) is 35.0. The van der Waals surface area contributed by atoms with E-state index in [4.69, 9.17) is 4.98 Å². The van der Waals surface area contributed by atoms with E-state index < -0.39 is 0 Å². The van der Waals surface area contributed by atoms with Crippen molar-refractivity contribution in [3.05, 3.63) is 85.8 Å². The predicted octanol–water partition coefficient (Wildman–Crippen LogP) is 5.13. The van der Waals surface area contributed by atoms with E-state index in [1.54, 1.807) is 22.0 Å². The Hall–Kier alpha value is -2.90. The molecular weight excluding hydrogens is 450 g/mol. The maximum Gasteiger partial charge on any atom is 0.266 e. The number of amides is 1. The van der Waals surface area contributed by atoms with Gasteiger partial charge in [0.15, 0.2) is 5.16 Å². The molecule has 1 unspecified atom stereocenters. The number of nitrogens with zero attached hydrogens (tertiary/aromatic N) is 3. The molecule has 0 aliphatic carbocycles. The van der Waals surface area contributed by atoms with Crippen molar-refractivity contribution >= 4 is 39.9 Å². The predicted molar refractivity (Wildman–Crippen MR) is 136 cm³/mol. The maximum atomic E-state index is 13.6. The molecule has 0 spiro atoms. The number of rotatable bonds is 4. The van der Waals surface area contributed by atoms with E-state index in [0.717, 1.165) is 29.8 Å². The van der Waals surface area contributed by atoms with E-state index in [1.165, 1.54) is 22.2 Å². The molecule has 0 fully saturated rings. The van der Waals surface area contributed by atoms with Crippen LogP contribution in [0.15, 0.2) is 63.9 Å². The van der Waals surface area contributed by atoms with Gasteiger partial charge in [-0.25, -0.2) is 4.98 Å². The van der Waals surface area contributed by atoms with Gasteiger partial charge in [0.25, 0.3) is 5.56 Å². The van der Waals surface area contributed by atoms with E-state index in [2.05, 4.69) is 17.5 Å². The van der Waals surface area contributed by atoms with Gasteiger partial charge in [0.2, 0.25) is 5.91 Å². The van der Waals surface area contributed by atoms with Crippen molar-refractivity contribution in [2.75, 3.05) is 6.54 Å². The molecule has 0 saturated heterocycles. The van der Waals surface area contributed by atoms with Crippen LogP contribution in [0, 0.1) is 13.8 Å². The molecule has 33 heavy (non-hydrogen) atoms. The summed E-state index contributed by atoms with van der Waals surface area (Å²) < 4.78 is 1.67. The van der Waals surface area contributed by atoms with Crippen LogP contribution < -0.4 is 5.56 Å². The Kier molecular flexibility index (Phi) is 5.85. The number of para-hydroxylation sites is 1. The molecule has 2 aromatic carbocycles. The van der Waals surface area contributed by atoms with Gasteiger partial charge in [-0.2, -0.15) is 0 Å². The summed E-state index contributed by atoms with van der Waals surface area (Å²) in [5, 5.41) is 2.84. The molecule has 1 atom stereocenters. The van der Waals surface area contributed by atoms with Gasteiger partial charge < -0.3 is 4.90 Å². The molecule has 7 heteroatoms. The highest BCUT2D eigenvalue weighted by Crippen LogP contribution is 2.30. The summed E-state index contributed by atoms with van der Waals surface area (Å²) in [6.07, 6.45) is 0.900. The largest absolute Gasteiger partial charge is 0.337 e. The van der Waals surface area contributed by atoms with Gasteiger partial charge >= 0.3 is 0 Å². The third-order valence-electron chi connectivity index (χ3n) is 6.09. The van der Waals surface area contributed by atoms with E-state index in [-0.39, 0.29) is 16.7 Å². The zero-order chi connectivity index (χ0) is 23.1. The molecule has 1 aliphatic heterocycles. The molecule has 0 N–H and O–H groups in total. The summed E-state index contributed by atoms with van der Waals surface area (Å²) >= 11 is 3.12. The number of fused-ring (bicyclic) bond motifs is 2. The van der Waals surface area contributed by atoms with E-state index in [0.29, 0.717) is 22.6 Å². The van der Waals surface area contributed by atoms with Crippen LogP contribution in [0.1, 0.15) is 28.5 Å².